The van der Waals surface area contributed by atoms with Gasteiger partial charge in [0.25, 0.3) is 0 Å². The van der Waals surface area contributed by atoms with E-state index in [0.29, 0.717) is 0 Å². The van der Waals surface area contributed by atoms with Crippen molar-refractivity contribution in [1.29, 1.82) is 0 Å². The maximum absolute atomic E-state index is 5.33. The smallest absolute Gasteiger partial charge is 0.0695 e. The van der Waals surface area contributed by atoms with Crippen molar-refractivity contribution in [2.24, 2.45) is 0 Å². The van der Waals surface area contributed by atoms with Crippen LogP contribution >= 0.6 is 0 Å². The van der Waals surface area contributed by atoms with Crippen LogP contribution in [0.3, 0.4) is 0 Å². The zero-order chi connectivity index (χ0) is 10.9. The highest BCUT2D eigenvalue weighted by molar-refractivity contribution is 5.61. The number of nitrogens with one attached hydrogen (secondary N) is 1. The highest BCUT2D eigenvalue weighted by Gasteiger charge is 2.35. The summed E-state index contributed by atoms with van der Waals surface area (Å²) in [6, 6.07) is 6.45. The van der Waals surface area contributed by atoms with Crippen molar-refractivity contribution in [1.82, 2.24) is 0 Å². The fraction of sp³-hybridized carbons (Fsp3) is 0.538. The Morgan fingerprint density at radius 1 is 1.47 bits per heavy atom. The van der Waals surface area contributed by atoms with Crippen LogP contribution in [0.4, 0.5) is 5.69 Å². The Morgan fingerprint density at radius 2 is 2.27 bits per heavy atom. The molecule has 1 aromatic carbocycles. The van der Waals surface area contributed by atoms with E-state index in [1.54, 1.807) is 7.11 Å². The molecule has 0 aromatic heterocycles. The number of rotatable bonds is 3. The minimum Gasteiger partial charge on any atom is -0.382 e. The fourth-order valence-electron chi connectivity index (χ4n) is 2.40. The number of hydrogen-bond acceptors (Lipinski definition) is 2. The van der Waals surface area contributed by atoms with Gasteiger partial charge >= 0.3 is 0 Å². The summed E-state index contributed by atoms with van der Waals surface area (Å²) < 4.78 is 5.33. The van der Waals surface area contributed by atoms with E-state index in [2.05, 4.69) is 37.4 Å². The monoisotopic (exact) mass is 205 g/mol. The third-order valence-electron chi connectivity index (χ3n) is 3.42. The van der Waals surface area contributed by atoms with Crippen molar-refractivity contribution in [3.05, 3.63) is 29.3 Å². The first-order chi connectivity index (χ1) is 7.21. The van der Waals surface area contributed by atoms with E-state index < -0.39 is 0 Å². The van der Waals surface area contributed by atoms with Crippen LogP contribution in [0.2, 0.25) is 0 Å². The van der Waals surface area contributed by atoms with Crippen LogP contribution in [0.25, 0.3) is 0 Å². The summed E-state index contributed by atoms with van der Waals surface area (Å²) in [7, 11) is 1.77. The van der Waals surface area contributed by atoms with Crippen LogP contribution in [0.5, 0.6) is 0 Å². The molecule has 1 N–H and O–H groups in total. The molecule has 0 spiro atoms. The van der Waals surface area contributed by atoms with Crippen molar-refractivity contribution < 1.29 is 4.74 Å². The minimum atomic E-state index is 0.114. The Kier molecular flexibility index (Phi) is 2.70. The van der Waals surface area contributed by atoms with E-state index in [4.69, 9.17) is 4.74 Å². The van der Waals surface area contributed by atoms with Gasteiger partial charge in [0.05, 0.1) is 12.1 Å². The third-order valence-corrected chi connectivity index (χ3v) is 3.42. The molecule has 2 nitrogen and oxygen atoms in total. The van der Waals surface area contributed by atoms with Crippen LogP contribution in [-0.4, -0.2) is 19.3 Å². The summed E-state index contributed by atoms with van der Waals surface area (Å²) >= 11 is 0. The largest absolute Gasteiger partial charge is 0.382 e. The van der Waals surface area contributed by atoms with Gasteiger partial charge in [-0.1, -0.05) is 19.1 Å². The van der Waals surface area contributed by atoms with Crippen LogP contribution in [-0.2, 0) is 11.2 Å². The van der Waals surface area contributed by atoms with Crippen LogP contribution in [0.1, 0.15) is 24.5 Å². The Balaban J connectivity index is 2.31. The van der Waals surface area contributed by atoms with Crippen molar-refractivity contribution in [2.45, 2.75) is 32.2 Å². The molecule has 0 bridgehead atoms. The van der Waals surface area contributed by atoms with Gasteiger partial charge in [-0.05, 0) is 37.0 Å². The van der Waals surface area contributed by atoms with E-state index in [1.807, 2.05) is 0 Å². The molecule has 15 heavy (non-hydrogen) atoms. The number of benzene rings is 1. The van der Waals surface area contributed by atoms with E-state index in [9.17, 15) is 0 Å². The third kappa shape index (κ3) is 1.74. The lowest BCUT2D eigenvalue weighted by atomic mass is 9.92. The van der Waals surface area contributed by atoms with Gasteiger partial charge in [0.2, 0.25) is 0 Å². The molecule has 0 fully saturated rings. The molecule has 0 saturated heterocycles. The molecule has 1 heterocycles. The first-order valence-electron chi connectivity index (χ1n) is 5.56. The van der Waals surface area contributed by atoms with Crippen molar-refractivity contribution in [2.75, 3.05) is 19.0 Å². The van der Waals surface area contributed by atoms with Gasteiger partial charge in [0, 0.05) is 12.8 Å². The number of hydrogen-bond donors (Lipinski definition) is 1. The quantitative estimate of drug-likeness (QED) is 0.819. The molecule has 1 aliphatic rings. The Bertz CT molecular complexity index is 362. The topological polar surface area (TPSA) is 21.3 Å². The molecule has 1 aromatic rings. The Morgan fingerprint density at radius 3 is 2.87 bits per heavy atom. The Hall–Kier alpha value is -1.02. The predicted octanol–water partition coefficient (Wildman–Crippen LogP) is 2.76. The molecule has 1 atom stereocenters. The van der Waals surface area contributed by atoms with Gasteiger partial charge in [-0.2, -0.15) is 0 Å². The molecule has 0 radical (unpaired) electrons. The molecule has 82 valence electrons. The standard InChI is InChI=1S/C13H19NO/c1-4-13(9-15-3)8-11-10(2)6-5-7-12(11)14-13/h5-7,14H,4,8-9H2,1-3H3. The molecule has 0 amide bonds. The van der Waals surface area contributed by atoms with Crippen LogP contribution < -0.4 is 5.32 Å². The average Bonchev–Trinajstić information content (AvgIpc) is 2.59. The molecular weight excluding hydrogens is 186 g/mol. The highest BCUT2D eigenvalue weighted by atomic mass is 16.5. The maximum atomic E-state index is 5.33. The SMILES string of the molecule is CCC1(COC)Cc2c(C)cccc2N1. The van der Waals surface area contributed by atoms with Crippen molar-refractivity contribution in [3.8, 4) is 0 Å². The Labute approximate surface area is 91.6 Å². The van der Waals surface area contributed by atoms with Gasteiger partial charge in [0.1, 0.15) is 0 Å². The predicted molar refractivity (Wildman–Crippen MR) is 63.4 cm³/mol. The van der Waals surface area contributed by atoms with E-state index in [-0.39, 0.29) is 5.54 Å². The maximum Gasteiger partial charge on any atom is 0.0695 e. The first kappa shape index (κ1) is 10.5. The summed E-state index contributed by atoms with van der Waals surface area (Å²) in [5.41, 5.74) is 4.24. The van der Waals surface area contributed by atoms with Crippen molar-refractivity contribution >= 4 is 5.69 Å². The van der Waals surface area contributed by atoms with Crippen LogP contribution in [0.15, 0.2) is 18.2 Å². The zero-order valence-electron chi connectivity index (χ0n) is 9.76. The van der Waals surface area contributed by atoms with Crippen molar-refractivity contribution in [3.63, 3.8) is 0 Å². The fourth-order valence-corrected chi connectivity index (χ4v) is 2.40. The highest BCUT2D eigenvalue weighted by Crippen LogP contribution is 2.36. The number of ether oxygens (including phenoxy) is 1. The number of anilines is 1. The second kappa shape index (κ2) is 3.86. The van der Waals surface area contributed by atoms with Gasteiger partial charge in [-0.15, -0.1) is 0 Å². The van der Waals surface area contributed by atoms with Gasteiger partial charge < -0.3 is 10.1 Å². The summed E-state index contributed by atoms with van der Waals surface area (Å²) in [5.74, 6) is 0. The average molecular weight is 205 g/mol. The molecule has 2 rings (SSSR count). The normalized spacial score (nSPS) is 23.7. The van der Waals surface area contributed by atoms with Gasteiger partial charge in [-0.3, -0.25) is 0 Å². The lowest BCUT2D eigenvalue weighted by Crippen LogP contribution is -2.40. The summed E-state index contributed by atoms with van der Waals surface area (Å²) in [6.07, 6.45) is 2.17. The van der Waals surface area contributed by atoms with Gasteiger partial charge in [-0.25, -0.2) is 0 Å². The van der Waals surface area contributed by atoms with E-state index in [1.165, 1.54) is 16.8 Å². The number of aryl methyl sites for hydroxylation is 1. The van der Waals surface area contributed by atoms with E-state index >= 15 is 0 Å². The lowest BCUT2D eigenvalue weighted by molar-refractivity contribution is 0.143. The zero-order valence-corrected chi connectivity index (χ0v) is 9.76. The minimum absolute atomic E-state index is 0.114. The van der Waals surface area contributed by atoms with Gasteiger partial charge in [0.15, 0.2) is 0 Å². The molecule has 1 aliphatic heterocycles. The lowest BCUT2D eigenvalue weighted by Gasteiger charge is -2.27. The number of methoxy groups -OCH3 is 1. The number of fused-ring (bicyclic) bond motifs is 1. The molecule has 2 heteroatoms. The first-order valence-corrected chi connectivity index (χ1v) is 5.56. The van der Waals surface area contributed by atoms with E-state index in [0.717, 1.165) is 19.4 Å². The van der Waals surface area contributed by atoms with Crippen LogP contribution in [0, 0.1) is 6.92 Å². The molecular formula is C13H19NO. The molecule has 0 saturated carbocycles. The molecule has 1 unspecified atom stereocenters. The second-order valence-corrected chi connectivity index (χ2v) is 4.47. The molecule has 0 aliphatic carbocycles. The summed E-state index contributed by atoms with van der Waals surface area (Å²) in [6.45, 7) is 5.17. The summed E-state index contributed by atoms with van der Waals surface area (Å²) in [5, 5.41) is 3.61. The second-order valence-electron chi connectivity index (χ2n) is 4.47. The summed E-state index contributed by atoms with van der Waals surface area (Å²) in [4.78, 5) is 0.